The van der Waals surface area contributed by atoms with Crippen LogP contribution in [0.15, 0.2) is 33.9 Å². The van der Waals surface area contributed by atoms with Crippen molar-refractivity contribution >= 4 is 35.6 Å². The van der Waals surface area contributed by atoms with Crippen molar-refractivity contribution in [2.45, 2.75) is 24.5 Å². The summed E-state index contributed by atoms with van der Waals surface area (Å²) in [5.41, 5.74) is 6.38. The molecule has 5 rings (SSSR count). The first-order valence-corrected chi connectivity index (χ1v) is 13.4. The van der Waals surface area contributed by atoms with Crippen LogP contribution in [0.25, 0.3) is 0 Å². The number of phosphoric ester groups is 1. The van der Waals surface area contributed by atoms with E-state index in [-0.39, 0.29) is 11.2 Å². The standard InChI is InChI=1S/C12H18N5O13P3/c13-10-7-11-14-4-16(10)1-2-17(11,5-15-7)12-9(19)8(18)6(28-12)3-27-32(23,24)30-33(25,26)29-31(20,21)22/h1-2,5-6,8-9,12,18-19H,3-4,13H2,(H3-,20,21,22,23,24,25,26)/p+1/t6-,8-,9-,12-,17?/m1/s1. The van der Waals surface area contributed by atoms with E-state index in [1.165, 1.54) is 6.34 Å². The van der Waals surface area contributed by atoms with Gasteiger partial charge < -0.3 is 45.2 Å². The summed E-state index contributed by atoms with van der Waals surface area (Å²) < 4.78 is 51.0. The van der Waals surface area contributed by atoms with E-state index in [1.54, 1.807) is 17.3 Å². The van der Waals surface area contributed by atoms with E-state index < -0.39 is 54.6 Å². The summed E-state index contributed by atoms with van der Waals surface area (Å²) in [4.78, 5) is 46.0. The fourth-order valence-corrected chi connectivity index (χ4v) is 6.60. The number of aliphatic hydroxyl groups is 2. The third-order valence-corrected chi connectivity index (χ3v) is 8.75. The first-order valence-electron chi connectivity index (χ1n) is 8.89. The van der Waals surface area contributed by atoms with Crippen molar-refractivity contribution in [1.29, 1.82) is 0 Å². The third-order valence-electron chi connectivity index (χ3n) is 4.95. The molecule has 0 aromatic rings. The van der Waals surface area contributed by atoms with Crippen LogP contribution in [-0.2, 0) is 31.6 Å². The lowest BCUT2D eigenvalue weighted by Gasteiger charge is -2.32. The molecule has 0 amide bonds. The van der Waals surface area contributed by atoms with Gasteiger partial charge in [-0.2, -0.15) is 18.1 Å². The Hall–Kier alpha value is -1.33. The van der Waals surface area contributed by atoms with Gasteiger partial charge in [0.05, 0.1) is 12.8 Å². The smallest absolute Gasteiger partial charge is 0.387 e. The minimum Gasteiger partial charge on any atom is -0.387 e. The summed E-state index contributed by atoms with van der Waals surface area (Å²) in [5.74, 6) is 0.657. The number of nitrogens with two attached hydrogens (primary N) is 1. The van der Waals surface area contributed by atoms with Crippen molar-refractivity contribution in [3.05, 3.63) is 23.9 Å². The van der Waals surface area contributed by atoms with Crippen LogP contribution in [0.5, 0.6) is 0 Å². The van der Waals surface area contributed by atoms with Gasteiger partial charge in [0.15, 0.2) is 11.8 Å². The van der Waals surface area contributed by atoms with Crippen LogP contribution in [0, 0.1) is 0 Å². The minimum atomic E-state index is -5.71. The van der Waals surface area contributed by atoms with Crippen LogP contribution in [0.3, 0.4) is 0 Å². The molecule has 3 unspecified atom stereocenters. The molecule has 5 aliphatic rings. The van der Waals surface area contributed by atoms with Crippen molar-refractivity contribution < 1.29 is 65.8 Å². The van der Waals surface area contributed by atoms with Crippen molar-refractivity contribution in [2.75, 3.05) is 13.3 Å². The summed E-state index contributed by atoms with van der Waals surface area (Å²) in [6.07, 6.45) is -1.40. The number of amidine groups is 1. The molecule has 1 fully saturated rings. The summed E-state index contributed by atoms with van der Waals surface area (Å²) in [7, 11) is -16.7. The second-order valence-corrected chi connectivity index (χ2v) is 11.6. The second kappa shape index (κ2) is 8.12. The number of phosphoric acid groups is 3. The predicted molar refractivity (Wildman–Crippen MR) is 104 cm³/mol. The van der Waals surface area contributed by atoms with E-state index in [0.29, 0.717) is 17.4 Å². The van der Waals surface area contributed by atoms with Gasteiger partial charge in [-0.3, -0.25) is 4.52 Å². The highest BCUT2D eigenvalue weighted by Gasteiger charge is 2.60. The third kappa shape index (κ3) is 4.65. The van der Waals surface area contributed by atoms with Crippen LogP contribution in [-0.4, -0.2) is 89.2 Å². The molecule has 33 heavy (non-hydrogen) atoms. The van der Waals surface area contributed by atoms with Gasteiger partial charge in [-0.15, -0.1) is 0 Å². The Balaban J connectivity index is 1.47. The molecule has 0 aliphatic carbocycles. The Morgan fingerprint density at radius 3 is 2.52 bits per heavy atom. The number of hydrogen-bond donors (Lipinski definition) is 7. The van der Waals surface area contributed by atoms with Gasteiger partial charge in [0.25, 0.3) is 5.84 Å². The van der Waals surface area contributed by atoms with Crippen molar-refractivity contribution in [1.82, 2.24) is 4.90 Å². The largest absolute Gasteiger partial charge is 0.490 e. The lowest BCUT2D eigenvalue weighted by atomic mass is 10.1. The number of quaternary nitrogens is 1. The van der Waals surface area contributed by atoms with Crippen LogP contribution in [0.4, 0.5) is 0 Å². The fraction of sp³-hybridized carbons (Fsp3) is 0.500. The van der Waals surface area contributed by atoms with Crippen molar-refractivity contribution in [3.8, 4) is 0 Å². The lowest BCUT2D eigenvalue weighted by molar-refractivity contribution is -0.749. The maximum atomic E-state index is 11.9. The molecular weight excluding hydrogens is 515 g/mol. The Morgan fingerprint density at radius 1 is 1.15 bits per heavy atom. The van der Waals surface area contributed by atoms with Gasteiger partial charge in [0.2, 0.25) is 12.6 Å². The maximum Gasteiger partial charge on any atom is 0.490 e. The van der Waals surface area contributed by atoms with Gasteiger partial charge >= 0.3 is 23.5 Å². The van der Waals surface area contributed by atoms with E-state index in [9.17, 15) is 33.7 Å². The number of fused-ring (bicyclic) bond motifs is 1. The number of hydrogen-bond acceptors (Lipinski definition) is 13. The van der Waals surface area contributed by atoms with Crippen molar-refractivity contribution in [2.24, 2.45) is 15.7 Å². The van der Waals surface area contributed by atoms with E-state index >= 15 is 0 Å². The SMILES string of the molecule is NC1=C2N=C[N+]3([C@@H]4O[C@H](COP(=O)(O)OP(=O)(O)OP(=O)(O)O)[C@@H](O)[C@H]4O)C=CN1CN=C23. The first-order chi connectivity index (χ1) is 15.1. The highest BCUT2D eigenvalue weighted by atomic mass is 31.3. The number of ether oxygens (including phenoxy) is 1. The highest BCUT2D eigenvalue weighted by Crippen LogP contribution is 2.66. The monoisotopic (exact) mass is 534 g/mol. The van der Waals surface area contributed by atoms with Crippen molar-refractivity contribution in [3.63, 3.8) is 0 Å². The zero-order valence-electron chi connectivity index (χ0n) is 16.2. The van der Waals surface area contributed by atoms with Crippen LogP contribution in [0.1, 0.15) is 0 Å². The first kappa shape index (κ1) is 24.8. The van der Waals surface area contributed by atoms with Gasteiger partial charge in [-0.1, -0.05) is 0 Å². The van der Waals surface area contributed by atoms with Gasteiger partial charge in [0, 0.05) is 0 Å². The molecule has 0 saturated carbocycles. The molecule has 8 N–H and O–H groups in total. The minimum absolute atomic E-state index is 0.186. The zero-order chi connectivity index (χ0) is 24.4. The lowest BCUT2D eigenvalue weighted by Crippen LogP contribution is -2.57. The molecule has 7 atom stereocenters. The summed E-state index contributed by atoms with van der Waals surface area (Å²) in [6, 6.07) is 0. The van der Waals surface area contributed by atoms with E-state index in [2.05, 4.69) is 23.1 Å². The van der Waals surface area contributed by atoms with Crippen LogP contribution in [0.2, 0.25) is 0 Å². The molecule has 5 heterocycles. The summed E-state index contributed by atoms with van der Waals surface area (Å²) in [5, 5.41) is 21.0. The molecule has 21 heteroatoms. The average molecular weight is 534 g/mol. The summed E-state index contributed by atoms with van der Waals surface area (Å²) in [6.45, 7) is -0.756. The van der Waals surface area contributed by atoms with Crippen LogP contribution < -0.4 is 5.73 Å². The highest BCUT2D eigenvalue weighted by molar-refractivity contribution is 7.66. The predicted octanol–water partition coefficient (Wildman–Crippen LogP) is -2.08. The summed E-state index contributed by atoms with van der Waals surface area (Å²) >= 11 is 0. The number of rotatable bonds is 8. The second-order valence-electron chi connectivity index (χ2n) is 7.14. The van der Waals surface area contributed by atoms with Gasteiger partial charge in [-0.25, -0.2) is 18.7 Å². The Morgan fingerprint density at radius 2 is 1.85 bits per heavy atom. The van der Waals surface area contributed by atoms with Crippen LogP contribution >= 0.6 is 23.5 Å². The number of aliphatic imine (C=N–C) groups is 2. The maximum absolute atomic E-state index is 11.9. The van der Waals surface area contributed by atoms with E-state index in [4.69, 9.17) is 20.3 Å². The molecule has 18 nitrogen and oxygen atoms in total. The Bertz CT molecular complexity index is 1120. The van der Waals surface area contributed by atoms with Gasteiger partial charge in [0.1, 0.15) is 30.9 Å². The molecular formula is C12H19N5O13P3+. The van der Waals surface area contributed by atoms with E-state index in [0.717, 1.165) is 0 Å². The molecule has 184 valence electrons. The number of nitrogens with zero attached hydrogens (tertiary/aromatic N) is 4. The number of aliphatic hydroxyl groups excluding tert-OH is 2. The quantitative estimate of drug-likeness (QED) is 0.130. The molecule has 0 spiro atoms. The molecule has 0 aromatic carbocycles. The van der Waals surface area contributed by atoms with Gasteiger partial charge in [-0.05, 0) is 0 Å². The molecule has 0 radical (unpaired) electrons. The molecule has 0 aromatic heterocycles. The molecule has 1 saturated heterocycles. The van der Waals surface area contributed by atoms with E-state index in [1.807, 2.05) is 0 Å². The Labute approximate surface area is 184 Å². The Kier molecular flexibility index (Phi) is 6.10. The molecule has 4 bridgehead atoms. The zero-order valence-corrected chi connectivity index (χ0v) is 18.9. The molecule has 5 aliphatic heterocycles. The fourth-order valence-electron chi connectivity index (χ4n) is 3.57. The average Bonchev–Trinajstić information content (AvgIpc) is 3.06. The topological polar surface area (TPSA) is 263 Å². The normalized spacial score (nSPS) is 36.7.